The van der Waals surface area contributed by atoms with Crippen LogP contribution in [-0.2, 0) is 4.79 Å². The molecule has 0 saturated carbocycles. The lowest BCUT2D eigenvalue weighted by Gasteiger charge is -2.48. The zero-order valence-corrected chi connectivity index (χ0v) is 21.3. The van der Waals surface area contributed by atoms with Gasteiger partial charge in [0.1, 0.15) is 5.75 Å². The van der Waals surface area contributed by atoms with E-state index in [4.69, 9.17) is 5.73 Å². The Kier molecular flexibility index (Phi) is 6.68. The summed E-state index contributed by atoms with van der Waals surface area (Å²) in [6.07, 6.45) is -4.52. The lowest BCUT2D eigenvalue weighted by atomic mass is 10.00. The predicted molar refractivity (Wildman–Crippen MR) is 138 cm³/mol. The highest BCUT2D eigenvalue weighted by Gasteiger charge is 2.54. The first-order valence-corrected chi connectivity index (χ1v) is 12.7. The summed E-state index contributed by atoms with van der Waals surface area (Å²) in [6, 6.07) is 7.21. The molecule has 0 spiro atoms. The van der Waals surface area contributed by atoms with Crippen molar-refractivity contribution in [2.75, 3.05) is 35.7 Å². The second-order valence-corrected chi connectivity index (χ2v) is 10.4. The summed E-state index contributed by atoms with van der Waals surface area (Å²) < 4.78 is 42.6. The number of halogens is 3. The number of hydrogen-bond donors (Lipinski definition) is 5. The highest BCUT2D eigenvalue weighted by molar-refractivity contribution is 7.22. The van der Waals surface area contributed by atoms with Crippen LogP contribution in [0.3, 0.4) is 0 Å². The van der Waals surface area contributed by atoms with Crippen molar-refractivity contribution in [2.45, 2.75) is 37.1 Å². The van der Waals surface area contributed by atoms with Gasteiger partial charge in [0, 0.05) is 26.2 Å². The number of aromatic nitrogens is 1. The summed E-state index contributed by atoms with van der Waals surface area (Å²) >= 11 is 1.05. The minimum atomic E-state index is -4.85. The Morgan fingerprint density at radius 1 is 1.26 bits per heavy atom. The van der Waals surface area contributed by atoms with Crippen LogP contribution in [0.15, 0.2) is 36.4 Å². The number of aliphatic hydroxyl groups excluding tert-OH is 1. The fourth-order valence-corrected chi connectivity index (χ4v) is 6.04. The summed E-state index contributed by atoms with van der Waals surface area (Å²) in [5.41, 5.74) is 7.40. The largest absolute Gasteiger partial charge is 0.573 e. The number of nitrogens with two attached hydrogens (primary N) is 1. The van der Waals surface area contributed by atoms with Gasteiger partial charge in [0.2, 0.25) is 11.7 Å². The van der Waals surface area contributed by atoms with Crippen LogP contribution in [0.2, 0.25) is 0 Å². The zero-order valence-electron chi connectivity index (χ0n) is 20.5. The lowest BCUT2D eigenvalue weighted by Crippen LogP contribution is -2.72. The number of nitrogens with one attached hydrogen (secondary N) is 2. The predicted octanol–water partition coefficient (Wildman–Crippen LogP) is 2.83. The molecule has 2 unspecified atom stereocenters. The third-order valence-corrected chi connectivity index (χ3v) is 7.81. The molecule has 39 heavy (non-hydrogen) atoms. The van der Waals surface area contributed by atoms with E-state index in [9.17, 15) is 33.0 Å². The topological polar surface area (TPSA) is 153 Å². The maximum Gasteiger partial charge on any atom is 0.573 e. The average molecular weight is 567 g/mol. The number of likely N-dealkylation sites (tertiary alicyclic amines) is 1. The molecule has 6 N–H and O–H groups in total. The highest BCUT2D eigenvalue weighted by atomic mass is 32.1. The fourth-order valence-electron chi connectivity index (χ4n) is 5.09. The molecule has 1 fully saturated rings. The van der Waals surface area contributed by atoms with E-state index in [0.717, 1.165) is 17.4 Å². The van der Waals surface area contributed by atoms with Gasteiger partial charge in [0.15, 0.2) is 11.2 Å². The van der Waals surface area contributed by atoms with E-state index in [1.807, 2.05) is 4.90 Å². The van der Waals surface area contributed by atoms with E-state index in [2.05, 4.69) is 20.4 Å². The molecule has 1 amide bonds. The quantitative estimate of drug-likeness (QED) is 0.289. The Morgan fingerprint density at radius 2 is 1.97 bits per heavy atom. The van der Waals surface area contributed by atoms with E-state index < -0.39 is 41.9 Å². The van der Waals surface area contributed by atoms with Gasteiger partial charge in [-0.3, -0.25) is 9.69 Å². The van der Waals surface area contributed by atoms with Crippen LogP contribution in [0.4, 0.5) is 29.7 Å². The number of primary amides is 1. The average Bonchev–Trinajstić information content (AvgIpc) is 3.36. The van der Waals surface area contributed by atoms with Crippen LogP contribution in [-0.4, -0.2) is 76.4 Å². The number of ether oxygens (including phenoxy) is 1. The van der Waals surface area contributed by atoms with Crippen molar-refractivity contribution in [3.8, 4) is 5.75 Å². The summed E-state index contributed by atoms with van der Waals surface area (Å²) in [7, 11) is 1.70. The molecule has 2 atom stereocenters. The molecule has 1 aromatic heterocycles. The number of fused-ring (bicyclic) bond motifs is 2. The van der Waals surface area contributed by atoms with E-state index in [0.29, 0.717) is 47.5 Å². The number of piperidine rings is 1. The standard InChI is InChI=1S/C24H25F3N6O5S/c1-32-17-5-2-12(21(36)37)10-16(17)30-23(32,19(20(28)35)33-8-6-13(34)7-9-33)31-22-29-15-4-3-14(11-18(15)39-22)38-24(25,26)27/h2-5,10-11,13,19,30,34H,6-9H2,1H3,(H2,28,35)(H,29,31)(H,36,37). The molecule has 208 valence electrons. The molecule has 3 aromatic rings. The van der Waals surface area contributed by atoms with Crippen LogP contribution in [0.5, 0.6) is 5.75 Å². The minimum absolute atomic E-state index is 0.0272. The number of amides is 1. The van der Waals surface area contributed by atoms with Crippen molar-refractivity contribution in [2.24, 2.45) is 5.73 Å². The van der Waals surface area contributed by atoms with Crippen LogP contribution < -0.4 is 26.0 Å². The van der Waals surface area contributed by atoms with Crippen molar-refractivity contribution in [3.63, 3.8) is 0 Å². The molecular weight excluding hydrogens is 541 g/mol. The third-order valence-electron chi connectivity index (χ3n) is 6.88. The molecule has 2 aliphatic rings. The number of nitrogens with zero attached hydrogens (tertiary/aromatic N) is 3. The number of likely N-dealkylation sites (N-methyl/N-ethyl adjacent to an activating group) is 1. The van der Waals surface area contributed by atoms with Crippen molar-refractivity contribution in [1.82, 2.24) is 9.88 Å². The SMILES string of the molecule is CN1c2ccc(C(=O)O)cc2NC1(Nc1nc2ccc(OC(F)(F)F)cc2s1)C(C(N)=O)N1CCC(O)CC1. The first-order valence-electron chi connectivity index (χ1n) is 11.9. The molecule has 2 aliphatic heterocycles. The molecule has 11 nitrogen and oxygen atoms in total. The zero-order chi connectivity index (χ0) is 28.1. The molecule has 2 aromatic carbocycles. The Balaban J connectivity index is 1.57. The minimum Gasteiger partial charge on any atom is -0.478 e. The van der Waals surface area contributed by atoms with Gasteiger partial charge < -0.3 is 36.2 Å². The van der Waals surface area contributed by atoms with Crippen LogP contribution in [0.1, 0.15) is 23.2 Å². The van der Waals surface area contributed by atoms with E-state index >= 15 is 0 Å². The number of carboxylic acids is 1. The molecule has 15 heteroatoms. The molecular formula is C24H25F3N6O5S. The number of carboxylic acid groups (broad SMARTS) is 1. The molecule has 0 radical (unpaired) electrons. The van der Waals surface area contributed by atoms with Gasteiger partial charge in [-0.1, -0.05) is 11.3 Å². The lowest BCUT2D eigenvalue weighted by molar-refractivity contribution is -0.274. The van der Waals surface area contributed by atoms with E-state index in [-0.39, 0.29) is 10.7 Å². The summed E-state index contributed by atoms with van der Waals surface area (Å²) in [6.45, 7) is 0.727. The number of rotatable bonds is 7. The summed E-state index contributed by atoms with van der Waals surface area (Å²) in [5, 5.41) is 26.3. The monoisotopic (exact) mass is 566 g/mol. The molecule has 0 bridgehead atoms. The van der Waals surface area contributed by atoms with Gasteiger partial charge in [-0.2, -0.15) is 0 Å². The number of thiazole rings is 1. The van der Waals surface area contributed by atoms with Crippen LogP contribution in [0, 0.1) is 0 Å². The highest BCUT2D eigenvalue weighted by Crippen LogP contribution is 2.44. The van der Waals surface area contributed by atoms with Crippen molar-refractivity contribution < 1.29 is 37.7 Å². The van der Waals surface area contributed by atoms with Gasteiger partial charge in [0.25, 0.3) is 0 Å². The van der Waals surface area contributed by atoms with Gasteiger partial charge in [0.05, 0.1) is 33.3 Å². The second-order valence-electron chi connectivity index (χ2n) is 9.38. The summed E-state index contributed by atoms with van der Waals surface area (Å²) in [5.74, 6) is -3.68. The van der Waals surface area contributed by atoms with Gasteiger partial charge in [-0.25, -0.2) is 9.78 Å². The maximum absolute atomic E-state index is 13.1. The molecule has 3 heterocycles. The fraction of sp³-hybridized carbons (Fsp3) is 0.375. The number of carbonyl (C=O) groups excluding carboxylic acids is 1. The van der Waals surface area contributed by atoms with Gasteiger partial charge >= 0.3 is 12.3 Å². The Morgan fingerprint density at radius 3 is 2.62 bits per heavy atom. The Bertz CT molecular complexity index is 1430. The van der Waals surface area contributed by atoms with Crippen LogP contribution >= 0.6 is 11.3 Å². The van der Waals surface area contributed by atoms with Crippen molar-refractivity contribution in [1.29, 1.82) is 0 Å². The van der Waals surface area contributed by atoms with Crippen LogP contribution in [0.25, 0.3) is 10.2 Å². The van der Waals surface area contributed by atoms with Crippen molar-refractivity contribution >= 4 is 49.9 Å². The Labute approximate surface area is 224 Å². The number of aliphatic hydroxyl groups is 1. The van der Waals surface area contributed by atoms with E-state index in [1.165, 1.54) is 24.3 Å². The van der Waals surface area contributed by atoms with E-state index in [1.54, 1.807) is 18.0 Å². The second kappa shape index (κ2) is 9.73. The van der Waals surface area contributed by atoms with Gasteiger partial charge in [-0.05, 0) is 43.2 Å². The molecule has 5 rings (SSSR count). The summed E-state index contributed by atoms with van der Waals surface area (Å²) in [4.78, 5) is 32.7. The number of alkyl halides is 3. The number of aromatic carboxylic acids is 1. The molecule has 1 saturated heterocycles. The first kappa shape index (κ1) is 26.8. The first-order chi connectivity index (χ1) is 18.4. The number of carbonyl (C=O) groups is 2. The number of anilines is 3. The van der Waals surface area contributed by atoms with Crippen molar-refractivity contribution in [3.05, 3.63) is 42.0 Å². The van der Waals surface area contributed by atoms with Gasteiger partial charge in [-0.15, -0.1) is 13.2 Å². The maximum atomic E-state index is 13.1. The Hall–Kier alpha value is -3.82. The normalized spacial score (nSPS) is 20.9. The third kappa shape index (κ3) is 5.12. The smallest absolute Gasteiger partial charge is 0.478 e. The molecule has 0 aliphatic carbocycles. The number of benzene rings is 2. The number of hydrogen-bond acceptors (Lipinski definition) is 10.